The molecule has 94 valence electrons. The lowest BCUT2D eigenvalue weighted by Crippen LogP contribution is -2.41. The van der Waals surface area contributed by atoms with Crippen LogP contribution < -0.4 is 5.32 Å². The van der Waals surface area contributed by atoms with Crippen molar-refractivity contribution in [3.05, 3.63) is 0 Å². The van der Waals surface area contributed by atoms with Crippen molar-refractivity contribution in [1.82, 2.24) is 5.32 Å². The number of rotatable bonds is 8. The zero-order chi connectivity index (χ0) is 12.0. The standard InChI is InChI=1S/C11H21NO4/c1-15-7-9(13)5-6-12-10(8-3-4-8)11(14)16-2/h8-10,12-13H,3-7H2,1-2H3. The highest BCUT2D eigenvalue weighted by atomic mass is 16.5. The number of aliphatic hydroxyl groups excluding tert-OH is 1. The molecule has 5 nitrogen and oxygen atoms in total. The summed E-state index contributed by atoms with van der Waals surface area (Å²) in [6.45, 7) is 0.925. The van der Waals surface area contributed by atoms with Crippen molar-refractivity contribution >= 4 is 5.97 Å². The number of hydrogen-bond donors (Lipinski definition) is 2. The number of nitrogens with one attached hydrogen (secondary N) is 1. The van der Waals surface area contributed by atoms with E-state index in [2.05, 4.69) is 5.32 Å². The largest absolute Gasteiger partial charge is 0.468 e. The highest BCUT2D eigenvalue weighted by Crippen LogP contribution is 2.33. The first kappa shape index (κ1) is 13.4. The van der Waals surface area contributed by atoms with Gasteiger partial charge in [-0.25, -0.2) is 0 Å². The number of carbonyl (C=O) groups excluding carboxylic acids is 1. The normalized spacial score (nSPS) is 19.2. The maximum atomic E-state index is 11.4. The molecule has 2 N–H and O–H groups in total. The van der Waals surface area contributed by atoms with Gasteiger partial charge in [0.1, 0.15) is 6.04 Å². The molecule has 0 aromatic rings. The van der Waals surface area contributed by atoms with Crippen molar-refractivity contribution in [2.24, 2.45) is 5.92 Å². The molecule has 0 spiro atoms. The van der Waals surface area contributed by atoms with Crippen molar-refractivity contribution in [3.63, 3.8) is 0 Å². The maximum Gasteiger partial charge on any atom is 0.323 e. The van der Waals surface area contributed by atoms with Gasteiger partial charge in [0.05, 0.1) is 19.8 Å². The van der Waals surface area contributed by atoms with E-state index in [-0.39, 0.29) is 12.0 Å². The molecule has 16 heavy (non-hydrogen) atoms. The molecule has 2 unspecified atom stereocenters. The Morgan fingerprint density at radius 2 is 2.19 bits per heavy atom. The predicted octanol–water partition coefficient (Wildman–Crippen LogP) is -0.0750. The number of hydrogen-bond acceptors (Lipinski definition) is 5. The van der Waals surface area contributed by atoms with Gasteiger partial charge in [0.15, 0.2) is 0 Å². The van der Waals surface area contributed by atoms with E-state index in [0.717, 1.165) is 12.8 Å². The van der Waals surface area contributed by atoms with Crippen LogP contribution in [-0.2, 0) is 14.3 Å². The first-order valence-corrected chi connectivity index (χ1v) is 5.67. The minimum Gasteiger partial charge on any atom is -0.468 e. The maximum absolute atomic E-state index is 11.4. The third-order valence-corrected chi connectivity index (χ3v) is 2.75. The third-order valence-electron chi connectivity index (χ3n) is 2.75. The molecule has 1 saturated carbocycles. The van der Waals surface area contributed by atoms with Crippen LogP contribution in [0.3, 0.4) is 0 Å². The lowest BCUT2D eigenvalue weighted by molar-refractivity contribution is -0.143. The first-order chi connectivity index (χ1) is 7.69. The molecule has 5 heteroatoms. The van der Waals surface area contributed by atoms with E-state index in [9.17, 15) is 9.90 Å². The number of aliphatic hydroxyl groups is 1. The van der Waals surface area contributed by atoms with Gasteiger partial charge < -0.3 is 19.9 Å². The molecule has 0 amide bonds. The van der Waals surface area contributed by atoms with Crippen LogP contribution in [0.25, 0.3) is 0 Å². The van der Waals surface area contributed by atoms with Crippen molar-refractivity contribution in [1.29, 1.82) is 0 Å². The monoisotopic (exact) mass is 231 g/mol. The Labute approximate surface area is 96.1 Å². The number of esters is 1. The van der Waals surface area contributed by atoms with Gasteiger partial charge in [-0.3, -0.25) is 4.79 Å². The van der Waals surface area contributed by atoms with E-state index < -0.39 is 6.10 Å². The fourth-order valence-corrected chi connectivity index (χ4v) is 1.68. The van der Waals surface area contributed by atoms with E-state index in [1.165, 1.54) is 7.11 Å². The lowest BCUT2D eigenvalue weighted by atomic mass is 10.1. The van der Waals surface area contributed by atoms with Crippen LogP contribution in [0.1, 0.15) is 19.3 Å². The summed E-state index contributed by atoms with van der Waals surface area (Å²) in [4.78, 5) is 11.4. The summed E-state index contributed by atoms with van der Waals surface area (Å²) in [6, 6.07) is -0.209. The Kier molecular flexibility index (Phi) is 5.73. The molecule has 1 fully saturated rings. The molecule has 2 atom stereocenters. The molecule has 0 heterocycles. The van der Waals surface area contributed by atoms with E-state index >= 15 is 0 Å². The molecule has 0 aromatic heterocycles. The van der Waals surface area contributed by atoms with Crippen LogP contribution in [0.2, 0.25) is 0 Å². The van der Waals surface area contributed by atoms with Crippen molar-refractivity contribution in [3.8, 4) is 0 Å². The summed E-state index contributed by atoms with van der Waals surface area (Å²) in [6.07, 6.45) is 2.25. The third kappa shape index (κ3) is 4.47. The van der Waals surface area contributed by atoms with Crippen LogP contribution >= 0.6 is 0 Å². The second-order valence-corrected chi connectivity index (χ2v) is 4.19. The summed E-state index contributed by atoms with van der Waals surface area (Å²) in [5, 5.41) is 12.6. The fraction of sp³-hybridized carbons (Fsp3) is 0.909. The molecular weight excluding hydrogens is 210 g/mol. The molecule has 0 saturated heterocycles. The molecule has 1 aliphatic rings. The molecule has 0 bridgehead atoms. The highest BCUT2D eigenvalue weighted by molar-refractivity contribution is 5.76. The predicted molar refractivity (Wildman–Crippen MR) is 59.0 cm³/mol. The Balaban J connectivity index is 2.20. The minimum atomic E-state index is -0.477. The van der Waals surface area contributed by atoms with Crippen LogP contribution in [0.5, 0.6) is 0 Å². The SMILES string of the molecule is COCC(O)CCNC(C(=O)OC)C1CC1. The van der Waals surface area contributed by atoms with E-state index in [0.29, 0.717) is 25.5 Å². The summed E-state index contributed by atoms with van der Waals surface area (Å²) >= 11 is 0. The molecule has 0 radical (unpaired) electrons. The average molecular weight is 231 g/mol. The van der Waals surface area contributed by atoms with Crippen molar-refractivity contribution < 1.29 is 19.4 Å². The van der Waals surface area contributed by atoms with Gasteiger partial charge in [0.2, 0.25) is 0 Å². The Hall–Kier alpha value is -0.650. The Bertz CT molecular complexity index is 218. The van der Waals surface area contributed by atoms with E-state index in [4.69, 9.17) is 9.47 Å². The van der Waals surface area contributed by atoms with Gasteiger partial charge >= 0.3 is 5.97 Å². The molecular formula is C11H21NO4. The first-order valence-electron chi connectivity index (χ1n) is 5.67. The smallest absolute Gasteiger partial charge is 0.323 e. The topological polar surface area (TPSA) is 67.8 Å². The van der Waals surface area contributed by atoms with Crippen LogP contribution in [0.4, 0.5) is 0 Å². The summed E-state index contributed by atoms with van der Waals surface area (Å²) in [5.74, 6) is 0.204. The van der Waals surface area contributed by atoms with Gasteiger partial charge in [-0.2, -0.15) is 0 Å². The second-order valence-electron chi connectivity index (χ2n) is 4.19. The van der Waals surface area contributed by atoms with Crippen LogP contribution in [-0.4, -0.2) is 50.6 Å². The van der Waals surface area contributed by atoms with Crippen LogP contribution in [0, 0.1) is 5.92 Å². The van der Waals surface area contributed by atoms with Gasteiger partial charge in [-0.15, -0.1) is 0 Å². The minimum absolute atomic E-state index is 0.205. The van der Waals surface area contributed by atoms with Gasteiger partial charge in [-0.05, 0) is 31.7 Å². The molecule has 1 aliphatic carbocycles. The zero-order valence-corrected chi connectivity index (χ0v) is 9.94. The number of methoxy groups -OCH3 is 2. The summed E-state index contributed by atoms with van der Waals surface area (Å²) in [7, 11) is 2.96. The zero-order valence-electron chi connectivity index (χ0n) is 9.94. The quantitative estimate of drug-likeness (QED) is 0.572. The number of carbonyl (C=O) groups is 1. The van der Waals surface area contributed by atoms with Crippen LogP contribution in [0.15, 0.2) is 0 Å². The number of ether oxygens (including phenoxy) is 2. The van der Waals surface area contributed by atoms with Gasteiger partial charge in [-0.1, -0.05) is 0 Å². The van der Waals surface area contributed by atoms with Gasteiger partial charge in [0.25, 0.3) is 0 Å². The van der Waals surface area contributed by atoms with E-state index in [1.54, 1.807) is 7.11 Å². The fourth-order valence-electron chi connectivity index (χ4n) is 1.68. The highest BCUT2D eigenvalue weighted by Gasteiger charge is 2.36. The molecule has 1 rings (SSSR count). The molecule has 0 aliphatic heterocycles. The average Bonchev–Trinajstić information content (AvgIpc) is 3.08. The van der Waals surface area contributed by atoms with Gasteiger partial charge in [0, 0.05) is 7.11 Å². The second kappa shape index (κ2) is 6.83. The summed E-state index contributed by atoms with van der Waals surface area (Å²) in [5.41, 5.74) is 0. The van der Waals surface area contributed by atoms with E-state index in [1.807, 2.05) is 0 Å². The molecule has 0 aromatic carbocycles. The Morgan fingerprint density at radius 1 is 1.50 bits per heavy atom. The summed E-state index contributed by atoms with van der Waals surface area (Å²) < 4.78 is 9.55. The van der Waals surface area contributed by atoms with Crippen molar-refractivity contribution in [2.75, 3.05) is 27.4 Å². The van der Waals surface area contributed by atoms with Crippen molar-refractivity contribution in [2.45, 2.75) is 31.4 Å². The lowest BCUT2D eigenvalue weighted by Gasteiger charge is -2.16. The Morgan fingerprint density at radius 3 is 2.69 bits per heavy atom.